The SMILES string of the molecule is C[C@@H](O)[C@H](NC(=O)c1cc(F)c(F)c(O)c1F)C(=O)O. The highest BCUT2D eigenvalue weighted by atomic mass is 19.2. The maximum Gasteiger partial charge on any atom is 0.328 e. The van der Waals surface area contributed by atoms with Gasteiger partial charge < -0.3 is 20.6 Å². The molecular formula is C11H10F3NO5. The van der Waals surface area contributed by atoms with Crippen LogP contribution in [0.3, 0.4) is 0 Å². The van der Waals surface area contributed by atoms with E-state index in [0.717, 1.165) is 6.92 Å². The molecule has 20 heavy (non-hydrogen) atoms. The number of amides is 1. The Balaban J connectivity index is 3.13. The first kappa shape index (κ1) is 15.8. The number of aliphatic hydroxyl groups excluding tert-OH is 1. The second-order valence-corrected chi connectivity index (χ2v) is 3.91. The molecule has 0 saturated heterocycles. The average molecular weight is 293 g/mol. The number of hydrogen-bond acceptors (Lipinski definition) is 4. The number of phenolic OH excluding ortho intramolecular Hbond substituents is 1. The fraction of sp³-hybridized carbons (Fsp3) is 0.273. The summed E-state index contributed by atoms with van der Waals surface area (Å²) in [6.45, 7) is 1.05. The number of carboxylic acids is 1. The van der Waals surface area contributed by atoms with Crippen molar-refractivity contribution in [3.05, 3.63) is 29.1 Å². The molecule has 2 atom stereocenters. The van der Waals surface area contributed by atoms with Gasteiger partial charge in [-0.3, -0.25) is 4.79 Å². The third kappa shape index (κ3) is 2.99. The highest BCUT2D eigenvalue weighted by Gasteiger charge is 2.28. The quantitative estimate of drug-likeness (QED) is 0.600. The van der Waals surface area contributed by atoms with Crippen LogP contribution in [0, 0.1) is 17.5 Å². The normalized spacial score (nSPS) is 13.7. The molecule has 110 valence electrons. The van der Waals surface area contributed by atoms with Crippen molar-refractivity contribution >= 4 is 11.9 Å². The van der Waals surface area contributed by atoms with Crippen LogP contribution in [0.5, 0.6) is 5.75 Å². The first-order chi connectivity index (χ1) is 9.16. The van der Waals surface area contributed by atoms with Gasteiger partial charge in [0.15, 0.2) is 23.4 Å². The van der Waals surface area contributed by atoms with E-state index in [0.29, 0.717) is 0 Å². The zero-order valence-electron chi connectivity index (χ0n) is 10.0. The lowest BCUT2D eigenvalue weighted by molar-refractivity contribution is -0.141. The summed E-state index contributed by atoms with van der Waals surface area (Å²) in [5, 5.41) is 28.5. The monoisotopic (exact) mass is 293 g/mol. The first-order valence-corrected chi connectivity index (χ1v) is 5.25. The lowest BCUT2D eigenvalue weighted by atomic mass is 10.1. The molecule has 0 fully saturated rings. The van der Waals surface area contributed by atoms with Gasteiger partial charge in [-0.2, -0.15) is 4.39 Å². The zero-order valence-corrected chi connectivity index (χ0v) is 10.0. The molecule has 0 heterocycles. The zero-order chi connectivity index (χ0) is 15.6. The van der Waals surface area contributed by atoms with E-state index < -0.39 is 52.8 Å². The fourth-order valence-electron chi connectivity index (χ4n) is 1.36. The number of aliphatic hydroxyl groups is 1. The fourth-order valence-corrected chi connectivity index (χ4v) is 1.36. The minimum Gasteiger partial charge on any atom is -0.503 e. The third-order valence-electron chi connectivity index (χ3n) is 2.41. The number of aliphatic carboxylic acids is 1. The molecule has 6 nitrogen and oxygen atoms in total. The summed E-state index contributed by atoms with van der Waals surface area (Å²) in [6, 6.07) is -1.61. The Morgan fingerprint density at radius 2 is 1.80 bits per heavy atom. The van der Waals surface area contributed by atoms with E-state index >= 15 is 0 Å². The highest BCUT2D eigenvalue weighted by Crippen LogP contribution is 2.25. The van der Waals surface area contributed by atoms with E-state index in [1.807, 2.05) is 0 Å². The largest absolute Gasteiger partial charge is 0.503 e. The van der Waals surface area contributed by atoms with Gasteiger partial charge in [-0.25, -0.2) is 13.6 Å². The molecule has 1 aromatic carbocycles. The van der Waals surface area contributed by atoms with Crippen molar-refractivity contribution in [1.82, 2.24) is 5.32 Å². The summed E-state index contributed by atoms with van der Waals surface area (Å²) in [5.41, 5.74) is -1.09. The van der Waals surface area contributed by atoms with E-state index in [2.05, 4.69) is 0 Å². The van der Waals surface area contributed by atoms with Crippen LogP contribution in [-0.2, 0) is 4.79 Å². The number of halogens is 3. The molecule has 0 radical (unpaired) electrons. The molecule has 0 aliphatic rings. The van der Waals surface area contributed by atoms with Crippen LogP contribution in [0.15, 0.2) is 6.07 Å². The molecule has 0 unspecified atom stereocenters. The lowest BCUT2D eigenvalue weighted by Crippen LogP contribution is -2.47. The number of hydrogen-bond donors (Lipinski definition) is 4. The first-order valence-electron chi connectivity index (χ1n) is 5.25. The van der Waals surface area contributed by atoms with Gasteiger partial charge in [-0.1, -0.05) is 0 Å². The predicted molar refractivity (Wildman–Crippen MR) is 58.6 cm³/mol. The van der Waals surface area contributed by atoms with Crippen molar-refractivity contribution in [2.75, 3.05) is 0 Å². The molecule has 1 aromatic rings. The van der Waals surface area contributed by atoms with E-state index in [4.69, 9.17) is 15.3 Å². The molecular weight excluding hydrogens is 283 g/mol. The Morgan fingerprint density at radius 1 is 1.25 bits per heavy atom. The Hall–Kier alpha value is -2.29. The summed E-state index contributed by atoms with van der Waals surface area (Å²) < 4.78 is 39.2. The van der Waals surface area contributed by atoms with Crippen molar-refractivity contribution in [1.29, 1.82) is 0 Å². The number of carbonyl (C=O) groups is 2. The summed E-state index contributed by atoms with van der Waals surface area (Å²) >= 11 is 0. The Kier molecular flexibility index (Phi) is 4.56. The smallest absolute Gasteiger partial charge is 0.328 e. The number of carbonyl (C=O) groups excluding carboxylic acids is 1. The van der Waals surface area contributed by atoms with E-state index in [1.165, 1.54) is 0 Å². The molecule has 0 aliphatic heterocycles. The number of rotatable bonds is 4. The standard InChI is InChI=1S/C11H10F3NO5/c1-3(16)8(11(19)20)15-10(18)4-2-5(12)7(14)9(17)6(4)13/h2-3,8,16-17H,1H3,(H,15,18)(H,19,20)/t3-,8+/m1/s1. The maximum atomic E-state index is 13.4. The van der Waals surface area contributed by atoms with Crippen LogP contribution in [0.25, 0.3) is 0 Å². The maximum absolute atomic E-state index is 13.4. The molecule has 1 amide bonds. The topological polar surface area (TPSA) is 107 Å². The second kappa shape index (κ2) is 5.78. The van der Waals surface area contributed by atoms with Gasteiger partial charge >= 0.3 is 5.97 Å². The van der Waals surface area contributed by atoms with Crippen LogP contribution >= 0.6 is 0 Å². The molecule has 0 bridgehead atoms. The third-order valence-corrected chi connectivity index (χ3v) is 2.41. The minimum atomic E-state index is -1.87. The molecule has 0 aromatic heterocycles. The van der Waals surface area contributed by atoms with Gasteiger partial charge in [0.2, 0.25) is 5.82 Å². The van der Waals surface area contributed by atoms with Crippen molar-refractivity contribution in [3.8, 4) is 5.75 Å². The van der Waals surface area contributed by atoms with Gasteiger partial charge in [0.05, 0.1) is 11.7 Å². The molecule has 1 rings (SSSR count). The summed E-state index contributed by atoms with van der Waals surface area (Å²) in [4.78, 5) is 22.3. The van der Waals surface area contributed by atoms with Crippen LogP contribution in [0.1, 0.15) is 17.3 Å². The molecule has 4 N–H and O–H groups in total. The van der Waals surface area contributed by atoms with Crippen molar-refractivity contribution in [2.24, 2.45) is 0 Å². The summed E-state index contributed by atoms with van der Waals surface area (Å²) in [5.74, 6) is -10.0. The van der Waals surface area contributed by atoms with E-state index in [1.54, 1.807) is 5.32 Å². The van der Waals surface area contributed by atoms with Crippen LogP contribution in [0.4, 0.5) is 13.2 Å². The lowest BCUT2D eigenvalue weighted by Gasteiger charge is -2.17. The Morgan fingerprint density at radius 3 is 2.25 bits per heavy atom. The van der Waals surface area contributed by atoms with Gasteiger partial charge in [0.1, 0.15) is 0 Å². The van der Waals surface area contributed by atoms with Gasteiger partial charge in [-0.05, 0) is 13.0 Å². The van der Waals surface area contributed by atoms with Crippen molar-refractivity contribution in [2.45, 2.75) is 19.1 Å². The Labute approximate surface area is 110 Å². The van der Waals surface area contributed by atoms with Gasteiger partial charge in [-0.15, -0.1) is 0 Å². The summed E-state index contributed by atoms with van der Waals surface area (Å²) in [6.07, 6.45) is -1.52. The van der Waals surface area contributed by atoms with E-state index in [-0.39, 0.29) is 6.07 Å². The number of aromatic hydroxyl groups is 1. The molecule has 9 heteroatoms. The molecule has 0 spiro atoms. The predicted octanol–water partition coefficient (Wildman–Crippen LogP) is 0.373. The average Bonchev–Trinajstić information content (AvgIpc) is 2.36. The molecule has 0 aliphatic carbocycles. The minimum absolute atomic E-state index is 0.167. The van der Waals surface area contributed by atoms with Gasteiger partial charge in [0, 0.05) is 0 Å². The number of benzene rings is 1. The van der Waals surface area contributed by atoms with Crippen molar-refractivity contribution < 1.29 is 38.1 Å². The van der Waals surface area contributed by atoms with Crippen LogP contribution in [0.2, 0.25) is 0 Å². The van der Waals surface area contributed by atoms with E-state index in [9.17, 15) is 22.8 Å². The highest BCUT2D eigenvalue weighted by molar-refractivity contribution is 5.97. The van der Waals surface area contributed by atoms with Crippen molar-refractivity contribution in [3.63, 3.8) is 0 Å². The number of phenols is 1. The number of carboxylic acid groups (broad SMARTS) is 1. The Bertz CT molecular complexity index is 561. The molecule has 0 saturated carbocycles. The van der Waals surface area contributed by atoms with Crippen LogP contribution < -0.4 is 5.32 Å². The number of nitrogens with one attached hydrogen (secondary N) is 1. The second-order valence-electron chi connectivity index (χ2n) is 3.91. The van der Waals surface area contributed by atoms with Crippen LogP contribution in [-0.4, -0.2) is 39.3 Å². The summed E-state index contributed by atoms with van der Waals surface area (Å²) in [7, 11) is 0. The van der Waals surface area contributed by atoms with Gasteiger partial charge in [0.25, 0.3) is 5.91 Å².